The Morgan fingerprint density at radius 2 is 1.75 bits per heavy atom. The smallest absolute Gasteiger partial charge is 0.125 e. The molecule has 0 aromatic heterocycles. The maximum Gasteiger partial charge on any atom is 0.125 e. The molecule has 4 heteroatoms. The van der Waals surface area contributed by atoms with Crippen molar-refractivity contribution in [2.75, 3.05) is 20.2 Å². The summed E-state index contributed by atoms with van der Waals surface area (Å²) in [4.78, 5) is 0. The van der Waals surface area contributed by atoms with Gasteiger partial charge in [-0.05, 0) is 60.5 Å². The molecule has 0 bridgehead atoms. The first-order chi connectivity index (χ1) is 9.44. The number of benzene rings is 1. The van der Waals surface area contributed by atoms with Crippen molar-refractivity contribution >= 4 is 11.6 Å². The van der Waals surface area contributed by atoms with Gasteiger partial charge in [-0.1, -0.05) is 32.4 Å². The number of methoxy groups -OCH3 is 1. The molecule has 0 aliphatic carbocycles. The van der Waals surface area contributed by atoms with Crippen LogP contribution in [0.3, 0.4) is 0 Å². The number of halogens is 1. The lowest BCUT2D eigenvalue weighted by atomic mass is 9.86. The molecule has 3 nitrogen and oxygen atoms in total. The summed E-state index contributed by atoms with van der Waals surface area (Å²) in [6.45, 7) is 7.68. The zero-order chi connectivity index (χ0) is 15.3. The maximum atomic E-state index is 6.25. The quantitative estimate of drug-likeness (QED) is 0.813. The number of rotatable bonds is 7. The van der Waals surface area contributed by atoms with Crippen molar-refractivity contribution in [3.8, 4) is 5.75 Å². The van der Waals surface area contributed by atoms with Crippen LogP contribution in [0.1, 0.15) is 37.8 Å². The van der Waals surface area contributed by atoms with Gasteiger partial charge in [0.2, 0.25) is 0 Å². The SMILES string of the molecule is COc1c(CC(C)C(CN)CN)cc(Cl)cc1C(C)C. The van der Waals surface area contributed by atoms with Crippen LogP contribution >= 0.6 is 11.6 Å². The molecule has 0 amide bonds. The molecule has 0 spiro atoms. The average Bonchev–Trinajstić information content (AvgIpc) is 2.39. The lowest BCUT2D eigenvalue weighted by Crippen LogP contribution is -2.30. The summed E-state index contributed by atoms with van der Waals surface area (Å²) in [5.41, 5.74) is 13.9. The van der Waals surface area contributed by atoms with Crippen LogP contribution in [-0.4, -0.2) is 20.2 Å². The van der Waals surface area contributed by atoms with Gasteiger partial charge in [0.05, 0.1) is 7.11 Å². The highest BCUT2D eigenvalue weighted by Crippen LogP contribution is 2.35. The molecule has 4 N–H and O–H groups in total. The monoisotopic (exact) mass is 298 g/mol. The van der Waals surface area contributed by atoms with E-state index < -0.39 is 0 Å². The Bertz CT molecular complexity index is 431. The van der Waals surface area contributed by atoms with E-state index in [9.17, 15) is 0 Å². The summed E-state index contributed by atoms with van der Waals surface area (Å²) in [5.74, 6) is 2.04. The predicted molar refractivity (Wildman–Crippen MR) is 86.6 cm³/mol. The molecule has 1 rings (SSSR count). The van der Waals surface area contributed by atoms with Gasteiger partial charge in [0.1, 0.15) is 5.75 Å². The molecule has 0 aliphatic heterocycles. The van der Waals surface area contributed by atoms with Crippen molar-refractivity contribution < 1.29 is 4.74 Å². The first-order valence-corrected chi connectivity index (χ1v) is 7.58. The maximum absolute atomic E-state index is 6.25. The highest BCUT2D eigenvalue weighted by molar-refractivity contribution is 6.30. The Morgan fingerprint density at radius 1 is 1.15 bits per heavy atom. The van der Waals surface area contributed by atoms with Crippen LogP contribution in [0, 0.1) is 11.8 Å². The highest BCUT2D eigenvalue weighted by Gasteiger charge is 2.19. The molecule has 0 heterocycles. The summed E-state index contributed by atoms with van der Waals surface area (Å²) in [6.07, 6.45) is 0.878. The Balaban J connectivity index is 3.11. The topological polar surface area (TPSA) is 61.3 Å². The Hall–Kier alpha value is -0.770. The van der Waals surface area contributed by atoms with Gasteiger partial charge in [0.25, 0.3) is 0 Å². The Kier molecular flexibility index (Phi) is 6.80. The Labute approximate surface area is 127 Å². The molecule has 0 saturated carbocycles. The van der Waals surface area contributed by atoms with Crippen molar-refractivity contribution in [2.24, 2.45) is 23.3 Å². The number of hydrogen-bond donors (Lipinski definition) is 2. The van der Waals surface area contributed by atoms with Gasteiger partial charge in [-0.15, -0.1) is 0 Å². The largest absolute Gasteiger partial charge is 0.496 e. The number of hydrogen-bond acceptors (Lipinski definition) is 3. The van der Waals surface area contributed by atoms with Crippen LogP contribution in [0.5, 0.6) is 5.75 Å². The van der Waals surface area contributed by atoms with Crippen LogP contribution < -0.4 is 16.2 Å². The van der Waals surface area contributed by atoms with Crippen molar-refractivity contribution in [1.29, 1.82) is 0 Å². The second-order valence-corrected chi connectivity index (χ2v) is 6.19. The van der Waals surface area contributed by atoms with Crippen molar-refractivity contribution in [3.05, 3.63) is 28.3 Å². The fourth-order valence-corrected chi connectivity index (χ4v) is 2.83. The lowest BCUT2D eigenvalue weighted by Gasteiger charge is -2.23. The predicted octanol–water partition coefficient (Wildman–Crippen LogP) is 3.18. The van der Waals surface area contributed by atoms with Crippen LogP contribution in [0.4, 0.5) is 0 Å². The fraction of sp³-hybridized carbons (Fsp3) is 0.625. The van der Waals surface area contributed by atoms with Gasteiger partial charge in [0, 0.05) is 5.02 Å². The standard InChI is InChI=1S/C16H27ClN2O/c1-10(2)15-7-14(17)6-12(16(15)20-4)5-11(3)13(8-18)9-19/h6-7,10-11,13H,5,8-9,18-19H2,1-4H3. The normalized spacial score (nSPS) is 13.1. The Morgan fingerprint density at radius 3 is 2.20 bits per heavy atom. The molecular formula is C16H27ClN2O. The zero-order valence-corrected chi connectivity index (χ0v) is 13.7. The minimum absolute atomic E-state index is 0.321. The average molecular weight is 299 g/mol. The third-order valence-corrected chi connectivity index (χ3v) is 4.16. The van der Waals surface area contributed by atoms with Gasteiger partial charge in [-0.2, -0.15) is 0 Å². The molecule has 0 saturated heterocycles. The summed E-state index contributed by atoms with van der Waals surface area (Å²) >= 11 is 6.25. The molecule has 0 radical (unpaired) electrons. The van der Waals surface area contributed by atoms with E-state index in [1.165, 1.54) is 0 Å². The van der Waals surface area contributed by atoms with Crippen molar-refractivity contribution in [1.82, 2.24) is 0 Å². The lowest BCUT2D eigenvalue weighted by molar-refractivity contribution is 0.358. The molecule has 0 fully saturated rings. The summed E-state index contributed by atoms with van der Waals surface area (Å²) in [7, 11) is 1.71. The molecule has 1 aromatic carbocycles. The molecule has 1 atom stereocenters. The third kappa shape index (κ3) is 4.11. The number of ether oxygens (including phenoxy) is 1. The van der Waals surface area contributed by atoms with Crippen LogP contribution in [-0.2, 0) is 6.42 Å². The van der Waals surface area contributed by atoms with Gasteiger partial charge >= 0.3 is 0 Å². The van der Waals surface area contributed by atoms with Crippen molar-refractivity contribution in [2.45, 2.75) is 33.1 Å². The summed E-state index contributed by atoms with van der Waals surface area (Å²) in [5, 5.41) is 0.758. The van der Waals surface area contributed by atoms with Crippen LogP contribution in [0.25, 0.3) is 0 Å². The van der Waals surface area contributed by atoms with Crippen molar-refractivity contribution in [3.63, 3.8) is 0 Å². The molecule has 1 unspecified atom stereocenters. The molecule has 20 heavy (non-hydrogen) atoms. The minimum Gasteiger partial charge on any atom is -0.496 e. The van der Waals surface area contributed by atoms with Gasteiger partial charge < -0.3 is 16.2 Å². The third-order valence-electron chi connectivity index (χ3n) is 3.94. The first kappa shape index (κ1) is 17.3. The van der Waals surface area contributed by atoms with E-state index in [1.54, 1.807) is 7.11 Å². The van der Waals surface area contributed by atoms with E-state index in [1.807, 2.05) is 12.1 Å². The van der Waals surface area contributed by atoms with Gasteiger partial charge in [-0.25, -0.2) is 0 Å². The summed E-state index contributed by atoms with van der Waals surface area (Å²) in [6, 6.07) is 3.98. The molecule has 0 aliphatic rings. The molecular weight excluding hydrogens is 272 g/mol. The van der Waals surface area contributed by atoms with Gasteiger partial charge in [-0.3, -0.25) is 0 Å². The first-order valence-electron chi connectivity index (χ1n) is 7.20. The van der Waals surface area contributed by atoms with E-state index in [2.05, 4.69) is 20.8 Å². The molecule has 1 aromatic rings. The highest BCUT2D eigenvalue weighted by atomic mass is 35.5. The van der Waals surface area contributed by atoms with E-state index in [4.69, 9.17) is 27.8 Å². The molecule has 114 valence electrons. The van der Waals surface area contributed by atoms with Gasteiger partial charge in [0.15, 0.2) is 0 Å². The zero-order valence-electron chi connectivity index (χ0n) is 12.9. The second kappa shape index (κ2) is 7.87. The van der Waals surface area contributed by atoms with E-state index >= 15 is 0 Å². The van der Waals surface area contributed by atoms with Crippen LogP contribution in [0.15, 0.2) is 12.1 Å². The van der Waals surface area contributed by atoms with E-state index in [0.29, 0.717) is 30.8 Å². The number of nitrogens with two attached hydrogens (primary N) is 2. The summed E-state index contributed by atoms with van der Waals surface area (Å²) < 4.78 is 5.62. The minimum atomic E-state index is 0.321. The second-order valence-electron chi connectivity index (χ2n) is 5.75. The van der Waals surface area contributed by atoms with Crippen LogP contribution in [0.2, 0.25) is 5.02 Å². The van der Waals surface area contributed by atoms with E-state index in [0.717, 1.165) is 28.3 Å². The van der Waals surface area contributed by atoms with E-state index in [-0.39, 0.29) is 0 Å². The fourth-order valence-electron chi connectivity index (χ4n) is 2.58.